The van der Waals surface area contributed by atoms with Gasteiger partial charge in [-0.2, -0.15) is 18.3 Å². The van der Waals surface area contributed by atoms with Gasteiger partial charge >= 0.3 is 12.2 Å². The van der Waals surface area contributed by atoms with Gasteiger partial charge in [-0.25, -0.2) is 24.3 Å². The van der Waals surface area contributed by atoms with Crippen molar-refractivity contribution < 1.29 is 32.2 Å². The van der Waals surface area contributed by atoms with E-state index in [0.29, 0.717) is 29.0 Å². The average Bonchev–Trinajstić information content (AvgIpc) is 3.40. The Morgan fingerprint density at radius 2 is 1.71 bits per heavy atom. The van der Waals surface area contributed by atoms with E-state index in [-0.39, 0.29) is 28.8 Å². The number of primary amides is 1. The lowest BCUT2D eigenvalue weighted by molar-refractivity contribution is -0.141. The molecule has 0 bridgehead atoms. The fourth-order valence-electron chi connectivity index (χ4n) is 4.17. The fourth-order valence-corrected chi connectivity index (χ4v) is 4.17. The van der Waals surface area contributed by atoms with Crippen molar-refractivity contribution in [3.8, 4) is 28.8 Å². The molecule has 10 nitrogen and oxygen atoms in total. The normalized spacial score (nSPS) is 11.3. The molecule has 2 N–H and O–H groups in total. The van der Waals surface area contributed by atoms with E-state index in [2.05, 4.69) is 15.1 Å². The van der Waals surface area contributed by atoms with Crippen molar-refractivity contribution in [2.45, 2.75) is 13.1 Å². The summed E-state index contributed by atoms with van der Waals surface area (Å²) in [5.74, 6) is 0.819. The zero-order valence-electron chi connectivity index (χ0n) is 21.8. The highest BCUT2D eigenvalue weighted by atomic mass is 19.4. The number of para-hydroxylation sites is 3. The van der Waals surface area contributed by atoms with Crippen LogP contribution in [0.15, 0.2) is 79.1 Å². The first-order chi connectivity index (χ1) is 19.7. The van der Waals surface area contributed by atoms with Gasteiger partial charge in [-0.3, -0.25) is 0 Å². The molecule has 2 amide bonds. The maximum absolute atomic E-state index is 13.8. The number of alkyl halides is 3. The van der Waals surface area contributed by atoms with E-state index >= 15 is 0 Å². The van der Waals surface area contributed by atoms with Crippen LogP contribution in [0.3, 0.4) is 0 Å². The Kier molecular flexibility index (Phi) is 7.34. The molecule has 0 aliphatic carbocycles. The van der Waals surface area contributed by atoms with Crippen LogP contribution in [-0.4, -0.2) is 39.5 Å². The molecule has 13 heteroatoms. The van der Waals surface area contributed by atoms with Crippen LogP contribution in [0.5, 0.6) is 23.1 Å². The minimum Gasteiger partial charge on any atom is -0.493 e. The third-order valence-electron chi connectivity index (χ3n) is 5.93. The predicted octanol–water partition coefficient (Wildman–Crippen LogP) is 6.25. The van der Waals surface area contributed by atoms with Crippen LogP contribution >= 0.6 is 0 Å². The number of aromatic nitrogens is 4. The van der Waals surface area contributed by atoms with Crippen LogP contribution < -0.4 is 24.8 Å². The molecule has 0 saturated carbocycles. The number of carbonyl (C=O) groups is 1. The Morgan fingerprint density at radius 3 is 2.39 bits per heavy atom. The summed E-state index contributed by atoms with van der Waals surface area (Å²) in [6, 6.07) is 17.3. The van der Waals surface area contributed by atoms with Crippen molar-refractivity contribution in [1.29, 1.82) is 0 Å². The highest BCUT2D eigenvalue weighted by Gasteiger charge is 2.37. The summed E-state index contributed by atoms with van der Waals surface area (Å²) >= 11 is 0. The molecule has 0 unspecified atom stereocenters. The van der Waals surface area contributed by atoms with Crippen LogP contribution in [0.4, 0.5) is 29.5 Å². The molecule has 2 aromatic heterocycles. The van der Waals surface area contributed by atoms with Crippen molar-refractivity contribution in [3.05, 3.63) is 84.8 Å². The molecule has 0 aliphatic rings. The van der Waals surface area contributed by atoms with E-state index in [9.17, 15) is 18.0 Å². The van der Waals surface area contributed by atoms with Gasteiger partial charge < -0.3 is 19.9 Å². The van der Waals surface area contributed by atoms with Crippen molar-refractivity contribution in [2.75, 3.05) is 18.6 Å². The number of rotatable bonds is 8. The molecule has 0 radical (unpaired) electrons. The number of methoxy groups -OCH3 is 1. The fraction of sp³-hybridized carbons (Fsp3) is 0.143. The van der Waals surface area contributed by atoms with Crippen molar-refractivity contribution in [3.63, 3.8) is 0 Å². The Labute approximate surface area is 231 Å². The van der Waals surface area contributed by atoms with Gasteiger partial charge in [0.25, 0.3) is 0 Å². The molecule has 0 aliphatic heterocycles. The summed E-state index contributed by atoms with van der Waals surface area (Å²) in [5, 5.41) is 4.20. The predicted molar refractivity (Wildman–Crippen MR) is 144 cm³/mol. The second-order valence-corrected chi connectivity index (χ2v) is 8.51. The lowest BCUT2D eigenvalue weighted by Gasteiger charge is -2.23. The SMILES string of the molecule is CCOc1cc2c(Oc3ccccc3N(C(N)=O)c3cc(C(F)(F)F)nn3-c3ccccc3)ncnc2cc1OC. The van der Waals surface area contributed by atoms with Crippen LogP contribution in [0.2, 0.25) is 0 Å². The number of nitrogens with two attached hydrogens (primary N) is 1. The second kappa shape index (κ2) is 11.0. The van der Waals surface area contributed by atoms with Crippen LogP contribution in [0, 0.1) is 0 Å². The van der Waals surface area contributed by atoms with E-state index < -0.39 is 17.9 Å². The molecule has 210 valence electrons. The van der Waals surface area contributed by atoms with Gasteiger partial charge in [0.1, 0.15) is 12.1 Å². The third kappa shape index (κ3) is 5.41. The number of amides is 2. The van der Waals surface area contributed by atoms with Crippen LogP contribution in [0.25, 0.3) is 16.6 Å². The summed E-state index contributed by atoms with van der Waals surface area (Å²) in [6.07, 6.45) is -3.50. The largest absolute Gasteiger partial charge is 0.493 e. The van der Waals surface area contributed by atoms with E-state index in [1.807, 2.05) is 6.92 Å². The van der Waals surface area contributed by atoms with Crippen LogP contribution in [-0.2, 0) is 6.18 Å². The number of hydrogen-bond acceptors (Lipinski definition) is 7. The third-order valence-corrected chi connectivity index (χ3v) is 5.93. The molecular formula is C28H23F3N6O4. The van der Waals surface area contributed by atoms with Crippen molar-refractivity contribution in [1.82, 2.24) is 19.7 Å². The van der Waals surface area contributed by atoms with Crippen molar-refractivity contribution >= 4 is 28.4 Å². The highest BCUT2D eigenvalue weighted by Crippen LogP contribution is 2.41. The second-order valence-electron chi connectivity index (χ2n) is 8.51. The number of nitrogens with zero attached hydrogens (tertiary/aromatic N) is 5. The Balaban J connectivity index is 1.65. The van der Waals surface area contributed by atoms with Gasteiger partial charge in [-0.05, 0) is 37.3 Å². The first-order valence-electron chi connectivity index (χ1n) is 12.3. The first kappa shape index (κ1) is 27.2. The maximum Gasteiger partial charge on any atom is 0.435 e. The molecular weight excluding hydrogens is 541 g/mol. The van der Waals surface area contributed by atoms with Crippen LogP contribution in [0.1, 0.15) is 12.6 Å². The Bertz CT molecular complexity index is 1710. The number of urea groups is 1. The summed E-state index contributed by atoms with van der Waals surface area (Å²) in [4.78, 5) is 22.3. The standard InChI is InChI=1S/C28H23F3N6O4/c1-3-40-23-13-18-19(14-22(23)39-2)33-16-34-26(18)41-21-12-8-7-11-20(21)36(27(32)38)25-15-24(28(29,30)31)35-37(25)17-9-5-4-6-10-17/h4-16H,3H2,1-2H3,(H2,32,38). The van der Waals surface area contributed by atoms with Gasteiger partial charge in [0, 0.05) is 12.1 Å². The summed E-state index contributed by atoms with van der Waals surface area (Å²) in [6.45, 7) is 2.19. The summed E-state index contributed by atoms with van der Waals surface area (Å²) in [5.41, 5.74) is 5.36. The van der Waals surface area contributed by atoms with Gasteiger partial charge in [0.05, 0.1) is 36.0 Å². The van der Waals surface area contributed by atoms with E-state index in [0.717, 1.165) is 15.6 Å². The number of ether oxygens (including phenoxy) is 3. The number of fused-ring (bicyclic) bond motifs is 1. The molecule has 3 aromatic carbocycles. The minimum absolute atomic E-state index is 0.0520. The molecule has 41 heavy (non-hydrogen) atoms. The monoisotopic (exact) mass is 564 g/mol. The minimum atomic E-state index is -4.78. The number of benzene rings is 3. The van der Waals surface area contributed by atoms with Gasteiger partial charge in [0.2, 0.25) is 5.88 Å². The number of hydrogen-bond donors (Lipinski definition) is 1. The van der Waals surface area contributed by atoms with Crippen molar-refractivity contribution in [2.24, 2.45) is 5.73 Å². The molecule has 2 heterocycles. The Morgan fingerprint density at radius 1 is 0.976 bits per heavy atom. The van der Waals surface area contributed by atoms with Gasteiger partial charge in [-0.1, -0.05) is 30.3 Å². The molecule has 5 rings (SSSR count). The molecule has 0 spiro atoms. The highest BCUT2D eigenvalue weighted by molar-refractivity contribution is 5.99. The number of anilines is 2. The van der Waals surface area contributed by atoms with E-state index in [1.54, 1.807) is 54.6 Å². The molecule has 0 fully saturated rings. The van der Waals surface area contributed by atoms with E-state index in [1.165, 1.54) is 25.6 Å². The molecule has 5 aromatic rings. The lowest BCUT2D eigenvalue weighted by atomic mass is 10.2. The Hall–Kier alpha value is -5.33. The number of halogens is 3. The number of carbonyl (C=O) groups excluding carboxylic acids is 1. The summed E-state index contributed by atoms with van der Waals surface area (Å²) < 4.78 is 59.5. The molecule has 0 atom stereocenters. The topological polar surface area (TPSA) is 118 Å². The zero-order valence-corrected chi connectivity index (χ0v) is 21.8. The molecule has 0 saturated heterocycles. The van der Waals surface area contributed by atoms with Gasteiger partial charge in [0.15, 0.2) is 22.9 Å². The van der Waals surface area contributed by atoms with E-state index in [4.69, 9.17) is 19.9 Å². The zero-order chi connectivity index (χ0) is 29.1. The van der Waals surface area contributed by atoms with Gasteiger partial charge in [-0.15, -0.1) is 0 Å². The maximum atomic E-state index is 13.8. The first-order valence-corrected chi connectivity index (χ1v) is 12.3. The average molecular weight is 565 g/mol. The summed E-state index contributed by atoms with van der Waals surface area (Å²) in [7, 11) is 1.50. The lowest BCUT2D eigenvalue weighted by Crippen LogP contribution is -2.33. The smallest absolute Gasteiger partial charge is 0.435 e. The quantitative estimate of drug-likeness (QED) is 0.237.